The largest absolute Gasteiger partial charge is 0.478 e. The quantitative estimate of drug-likeness (QED) is 0.196. The van der Waals surface area contributed by atoms with Crippen molar-refractivity contribution in [3.8, 4) is 16.9 Å². The molecule has 0 aliphatic heterocycles. The maximum Gasteiger partial charge on any atom is 0.349 e. The van der Waals surface area contributed by atoms with Crippen molar-refractivity contribution in [2.45, 2.75) is 32.3 Å². The van der Waals surface area contributed by atoms with Gasteiger partial charge in [0.2, 0.25) is 6.10 Å². The number of fused-ring (bicyclic) bond motifs is 1. The topological polar surface area (TPSA) is 76.7 Å². The van der Waals surface area contributed by atoms with E-state index >= 15 is 0 Å². The number of carboxylic acids is 1. The number of para-hydroxylation sites is 1. The number of carbonyl (C=O) groups excluding carboxylic acids is 1. The van der Waals surface area contributed by atoms with Crippen LogP contribution in [0.3, 0.4) is 0 Å². The highest BCUT2D eigenvalue weighted by molar-refractivity contribution is 6.19. The molecule has 0 fully saturated rings. The van der Waals surface area contributed by atoms with Gasteiger partial charge in [-0.25, -0.2) is 4.79 Å². The number of benzene rings is 4. The lowest BCUT2D eigenvalue weighted by Gasteiger charge is -2.17. The van der Waals surface area contributed by atoms with E-state index in [9.17, 15) is 14.7 Å². The molecule has 1 N–H and O–H groups in total. The van der Waals surface area contributed by atoms with Crippen molar-refractivity contribution in [2.24, 2.45) is 0 Å². The Labute approximate surface area is 221 Å². The second-order valence-electron chi connectivity index (χ2n) is 9.15. The van der Waals surface area contributed by atoms with Crippen molar-refractivity contribution in [1.82, 2.24) is 0 Å². The van der Waals surface area contributed by atoms with Crippen LogP contribution in [0.25, 0.3) is 22.1 Å². The molecule has 1 heterocycles. The molecule has 1 unspecified atom stereocenters. The molecule has 5 nitrogen and oxygen atoms in total. The predicted octanol–water partition coefficient (Wildman–Crippen LogP) is 7.88. The lowest BCUT2D eigenvalue weighted by molar-refractivity contribution is -0.145. The van der Waals surface area contributed by atoms with Crippen LogP contribution < -0.4 is 4.74 Å². The van der Waals surface area contributed by atoms with E-state index in [1.54, 1.807) is 36.4 Å². The van der Waals surface area contributed by atoms with Crippen LogP contribution in [-0.4, -0.2) is 16.9 Å². The average molecular weight is 505 g/mol. The Morgan fingerprint density at radius 3 is 2.26 bits per heavy atom. The van der Waals surface area contributed by atoms with Gasteiger partial charge >= 0.3 is 5.97 Å². The standard InChI is InChI=1S/C33H28O5/c1-2-3-17-29-30(26-16-10-11-18-28(26)38-29)31(34)27-21-24(19-20-25(27)22-12-6-4-7-13-22)37-32(33(35)36)23-14-8-5-9-15-23/h4-16,18-21,32H,2-3,17H2,1H3,(H,35,36). The van der Waals surface area contributed by atoms with Crippen LogP contribution in [0.4, 0.5) is 0 Å². The molecule has 0 bridgehead atoms. The van der Waals surface area contributed by atoms with Gasteiger partial charge < -0.3 is 14.3 Å². The van der Waals surface area contributed by atoms with Gasteiger partial charge in [-0.15, -0.1) is 0 Å². The minimum atomic E-state index is -1.21. The van der Waals surface area contributed by atoms with E-state index < -0.39 is 12.1 Å². The van der Waals surface area contributed by atoms with Crippen molar-refractivity contribution in [2.75, 3.05) is 0 Å². The smallest absolute Gasteiger partial charge is 0.349 e. The third-order valence-electron chi connectivity index (χ3n) is 6.55. The van der Waals surface area contributed by atoms with Crippen molar-refractivity contribution in [3.63, 3.8) is 0 Å². The van der Waals surface area contributed by atoms with Gasteiger partial charge in [-0.2, -0.15) is 0 Å². The lowest BCUT2D eigenvalue weighted by Crippen LogP contribution is -2.18. The zero-order valence-corrected chi connectivity index (χ0v) is 21.1. The number of ketones is 1. The van der Waals surface area contributed by atoms with Crippen LogP contribution in [0.2, 0.25) is 0 Å². The zero-order chi connectivity index (χ0) is 26.5. The fourth-order valence-electron chi connectivity index (χ4n) is 4.67. The number of hydrogen-bond donors (Lipinski definition) is 1. The summed E-state index contributed by atoms with van der Waals surface area (Å²) in [6, 6.07) is 31.2. The highest BCUT2D eigenvalue weighted by atomic mass is 16.5. The molecule has 5 heteroatoms. The van der Waals surface area contributed by atoms with Gasteiger partial charge in [-0.3, -0.25) is 4.79 Å². The number of ether oxygens (including phenoxy) is 1. The van der Waals surface area contributed by atoms with Crippen molar-refractivity contribution in [3.05, 3.63) is 126 Å². The normalized spacial score (nSPS) is 11.8. The molecule has 38 heavy (non-hydrogen) atoms. The first kappa shape index (κ1) is 25.0. The van der Waals surface area contributed by atoms with Crippen LogP contribution in [-0.2, 0) is 11.2 Å². The highest BCUT2D eigenvalue weighted by Crippen LogP contribution is 2.35. The Hall–Kier alpha value is -4.64. The minimum Gasteiger partial charge on any atom is -0.478 e. The summed E-state index contributed by atoms with van der Waals surface area (Å²) in [6.07, 6.45) is 1.31. The second-order valence-corrected chi connectivity index (χ2v) is 9.15. The first-order valence-corrected chi connectivity index (χ1v) is 12.8. The van der Waals surface area contributed by atoms with E-state index in [1.165, 1.54) is 0 Å². The molecule has 5 aromatic rings. The summed E-state index contributed by atoms with van der Waals surface area (Å²) in [4.78, 5) is 26.4. The van der Waals surface area contributed by atoms with Gasteiger partial charge in [0.05, 0.1) is 5.56 Å². The number of rotatable bonds is 10. The number of unbranched alkanes of at least 4 members (excludes halogenated alkanes) is 1. The minimum absolute atomic E-state index is 0.183. The van der Waals surface area contributed by atoms with Gasteiger partial charge in [-0.1, -0.05) is 92.2 Å². The first-order valence-electron chi connectivity index (χ1n) is 12.8. The molecule has 4 aromatic carbocycles. The molecular weight excluding hydrogens is 476 g/mol. The van der Waals surface area contributed by atoms with Gasteiger partial charge in [0, 0.05) is 22.9 Å². The molecule has 0 aliphatic rings. The first-order chi connectivity index (χ1) is 18.6. The summed E-state index contributed by atoms with van der Waals surface area (Å²) < 4.78 is 12.1. The molecule has 0 aliphatic carbocycles. The molecule has 0 spiro atoms. The summed E-state index contributed by atoms with van der Waals surface area (Å²) in [6.45, 7) is 2.10. The van der Waals surface area contributed by atoms with Gasteiger partial charge in [0.1, 0.15) is 17.1 Å². The van der Waals surface area contributed by atoms with Crippen molar-refractivity contribution < 1.29 is 23.8 Å². The Balaban J connectivity index is 1.64. The molecule has 1 aromatic heterocycles. The predicted molar refractivity (Wildman–Crippen MR) is 148 cm³/mol. The molecule has 0 amide bonds. The Bertz CT molecular complexity index is 1570. The van der Waals surface area contributed by atoms with Crippen LogP contribution >= 0.6 is 0 Å². The number of aryl methyl sites for hydroxylation is 1. The molecule has 190 valence electrons. The highest BCUT2D eigenvalue weighted by Gasteiger charge is 2.26. The Morgan fingerprint density at radius 2 is 1.55 bits per heavy atom. The third-order valence-corrected chi connectivity index (χ3v) is 6.55. The molecule has 0 saturated heterocycles. The van der Waals surface area contributed by atoms with E-state index in [-0.39, 0.29) is 5.78 Å². The molecule has 0 saturated carbocycles. The van der Waals surface area contributed by atoms with E-state index in [0.29, 0.717) is 40.2 Å². The van der Waals surface area contributed by atoms with E-state index in [1.807, 2.05) is 66.7 Å². The van der Waals surface area contributed by atoms with E-state index in [2.05, 4.69) is 6.92 Å². The van der Waals surface area contributed by atoms with E-state index in [4.69, 9.17) is 9.15 Å². The summed E-state index contributed by atoms with van der Waals surface area (Å²) >= 11 is 0. The van der Waals surface area contributed by atoms with Crippen LogP contribution in [0.15, 0.2) is 108 Å². The maximum absolute atomic E-state index is 14.3. The molecule has 1 atom stereocenters. The fourth-order valence-corrected chi connectivity index (χ4v) is 4.67. The van der Waals surface area contributed by atoms with Gasteiger partial charge in [0.15, 0.2) is 5.78 Å². The summed E-state index contributed by atoms with van der Waals surface area (Å²) in [5.41, 5.74) is 3.77. The number of carboxylic acid groups (broad SMARTS) is 1. The fraction of sp³-hybridized carbons (Fsp3) is 0.152. The maximum atomic E-state index is 14.3. The van der Waals surface area contributed by atoms with Crippen molar-refractivity contribution >= 4 is 22.7 Å². The number of hydrogen-bond acceptors (Lipinski definition) is 4. The average Bonchev–Trinajstić information content (AvgIpc) is 3.33. The monoisotopic (exact) mass is 504 g/mol. The summed E-state index contributed by atoms with van der Waals surface area (Å²) in [5.74, 6) is -0.334. The lowest BCUT2D eigenvalue weighted by atomic mass is 9.91. The summed E-state index contributed by atoms with van der Waals surface area (Å²) in [7, 11) is 0. The molecule has 5 rings (SSSR count). The molecular formula is C33H28O5. The zero-order valence-electron chi connectivity index (χ0n) is 21.1. The number of aliphatic carboxylic acids is 1. The van der Waals surface area contributed by atoms with Crippen LogP contribution in [0.1, 0.15) is 53.1 Å². The second kappa shape index (κ2) is 11.2. The SMILES string of the molecule is CCCCc1oc2ccccc2c1C(=O)c1cc(OC(C(=O)O)c2ccccc2)ccc1-c1ccccc1. The van der Waals surface area contributed by atoms with E-state index in [0.717, 1.165) is 29.4 Å². The number of furan rings is 1. The van der Waals surface area contributed by atoms with Crippen molar-refractivity contribution in [1.29, 1.82) is 0 Å². The van der Waals surface area contributed by atoms with Crippen LogP contribution in [0, 0.1) is 0 Å². The number of carbonyl (C=O) groups is 2. The van der Waals surface area contributed by atoms with Gasteiger partial charge in [0.25, 0.3) is 0 Å². The molecule has 0 radical (unpaired) electrons. The third kappa shape index (κ3) is 5.09. The summed E-state index contributed by atoms with van der Waals surface area (Å²) in [5, 5.41) is 10.6. The Morgan fingerprint density at radius 1 is 0.868 bits per heavy atom. The van der Waals surface area contributed by atoms with Gasteiger partial charge in [-0.05, 0) is 41.8 Å². The van der Waals surface area contributed by atoms with Crippen LogP contribution in [0.5, 0.6) is 5.75 Å². The Kier molecular flexibility index (Phi) is 7.36.